The number of nitrogens with zero attached hydrogens (tertiary/aromatic N) is 1. The SMILES string of the molecule is N#Cc1ccc(NC(=O)C(O)(Cc2ccccc2)C2CCC(C(F)(F)F)CC2)cc1C(F)(F)F. The van der Waals surface area contributed by atoms with Crippen LogP contribution in [0.1, 0.15) is 42.4 Å². The van der Waals surface area contributed by atoms with E-state index in [0.29, 0.717) is 11.6 Å². The number of rotatable bonds is 5. The van der Waals surface area contributed by atoms with Gasteiger partial charge in [-0.1, -0.05) is 30.3 Å². The molecule has 0 aliphatic heterocycles. The molecule has 1 fully saturated rings. The molecule has 1 aliphatic rings. The highest BCUT2D eigenvalue weighted by atomic mass is 19.4. The van der Waals surface area contributed by atoms with Crippen molar-refractivity contribution in [3.05, 3.63) is 65.2 Å². The Labute approximate surface area is 192 Å². The monoisotopic (exact) mass is 484 g/mol. The molecule has 0 aromatic heterocycles. The minimum absolute atomic E-state index is 0.0674. The lowest BCUT2D eigenvalue weighted by Crippen LogP contribution is -2.52. The molecule has 3 rings (SSSR count). The van der Waals surface area contributed by atoms with Crippen molar-refractivity contribution in [3.8, 4) is 6.07 Å². The van der Waals surface area contributed by atoms with E-state index in [1.807, 2.05) is 0 Å². The van der Waals surface area contributed by atoms with Gasteiger partial charge in [-0.2, -0.15) is 31.6 Å². The molecule has 0 heterocycles. The minimum Gasteiger partial charge on any atom is -0.379 e. The molecular weight excluding hydrogens is 462 g/mol. The van der Waals surface area contributed by atoms with Crippen LogP contribution in [0.15, 0.2) is 48.5 Å². The van der Waals surface area contributed by atoms with Crippen molar-refractivity contribution in [2.24, 2.45) is 11.8 Å². The van der Waals surface area contributed by atoms with Crippen LogP contribution in [0.2, 0.25) is 0 Å². The van der Waals surface area contributed by atoms with E-state index in [4.69, 9.17) is 5.26 Å². The van der Waals surface area contributed by atoms with Crippen LogP contribution in [0.4, 0.5) is 32.0 Å². The second-order valence-corrected chi connectivity index (χ2v) is 8.50. The van der Waals surface area contributed by atoms with E-state index in [0.717, 1.165) is 12.1 Å². The van der Waals surface area contributed by atoms with Gasteiger partial charge in [0.1, 0.15) is 5.60 Å². The van der Waals surface area contributed by atoms with Crippen LogP contribution in [0.5, 0.6) is 0 Å². The van der Waals surface area contributed by atoms with Gasteiger partial charge in [-0.05, 0) is 55.4 Å². The average molecular weight is 484 g/mol. The van der Waals surface area contributed by atoms with Gasteiger partial charge in [-0.3, -0.25) is 4.79 Å². The number of nitrogens with one attached hydrogen (secondary N) is 1. The standard InChI is InChI=1S/C24H22F6N2O2/c25-23(26,27)18-9-7-17(8-10-18)22(34,13-15-4-2-1-3-5-15)21(33)32-19-11-6-16(14-31)20(12-19)24(28,29)30/h1-6,11-12,17-18,34H,7-10,13H2,(H,32,33). The molecule has 4 nitrogen and oxygen atoms in total. The maximum absolute atomic E-state index is 13.3. The summed E-state index contributed by atoms with van der Waals surface area (Å²) >= 11 is 0. The van der Waals surface area contributed by atoms with E-state index in [1.165, 1.54) is 6.07 Å². The zero-order valence-corrected chi connectivity index (χ0v) is 17.9. The predicted octanol–water partition coefficient (Wildman–Crippen LogP) is 5.86. The van der Waals surface area contributed by atoms with E-state index in [9.17, 15) is 36.2 Å². The van der Waals surface area contributed by atoms with Gasteiger partial charge in [-0.25, -0.2) is 0 Å². The number of carbonyl (C=O) groups excluding carboxylic acids is 1. The van der Waals surface area contributed by atoms with Crippen LogP contribution in [0.25, 0.3) is 0 Å². The summed E-state index contributed by atoms with van der Waals surface area (Å²) in [6, 6.07) is 12.4. The first-order valence-electron chi connectivity index (χ1n) is 10.6. The molecule has 0 spiro atoms. The number of anilines is 1. The summed E-state index contributed by atoms with van der Waals surface area (Å²) in [5, 5.41) is 22.7. The maximum atomic E-state index is 13.3. The fraction of sp³-hybridized carbons (Fsp3) is 0.417. The van der Waals surface area contributed by atoms with Crippen LogP contribution >= 0.6 is 0 Å². The van der Waals surface area contributed by atoms with E-state index >= 15 is 0 Å². The Balaban J connectivity index is 1.89. The topological polar surface area (TPSA) is 73.1 Å². The van der Waals surface area contributed by atoms with E-state index in [2.05, 4.69) is 5.32 Å². The molecule has 0 bridgehead atoms. The van der Waals surface area contributed by atoms with E-state index in [-0.39, 0.29) is 37.8 Å². The Morgan fingerprint density at radius 3 is 2.09 bits per heavy atom. The molecule has 0 saturated heterocycles. The largest absolute Gasteiger partial charge is 0.417 e. The van der Waals surface area contributed by atoms with Crippen LogP contribution in [0.3, 0.4) is 0 Å². The van der Waals surface area contributed by atoms with E-state index in [1.54, 1.807) is 30.3 Å². The third-order valence-electron chi connectivity index (χ3n) is 6.28. The summed E-state index contributed by atoms with van der Waals surface area (Å²) in [6.07, 6.45) is -10.1. The van der Waals surface area contributed by atoms with Gasteiger partial charge in [0.15, 0.2) is 0 Å². The lowest BCUT2D eigenvalue weighted by atomic mass is 9.70. The molecule has 2 aromatic rings. The summed E-state index contributed by atoms with van der Waals surface area (Å²) in [5.74, 6) is -3.36. The molecular formula is C24H22F6N2O2. The number of amides is 1. The molecule has 1 aliphatic carbocycles. The summed E-state index contributed by atoms with van der Waals surface area (Å²) < 4.78 is 79.2. The summed E-state index contributed by atoms with van der Waals surface area (Å²) in [5.41, 5.74) is -3.76. The molecule has 1 saturated carbocycles. The molecule has 10 heteroatoms. The third kappa shape index (κ3) is 5.70. The van der Waals surface area contributed by atoms with Gasteiger partial charge in [0.2, 0.25) is 0 Å². The number of aliphatic hydroxyl groups is 1. The van der Waals surface area contributed by atoms with Crippen molar-refractivity contribution >= 4 is 11.6 Å². The van der Waals surface area contributed by atoms with Gasteiger partial charge in [0, 0.05) is 12.1 Å². The molecule has 0 radical (unpaired) electrons. The first-order valence-corrected chi connectivity index (χ1v) is 10.6. The fourth-order valence-electron chi connectivity index (χ4n) is 4.41. The number of nitriles is 1. The zero-order valence-electron chi connectivity index (χ0n) is 17.9. The van der Waals surface area contributed by atoms with Crippen molar-refractivity contribution in [1.29, 1.82) is 5.26 Å². The number of hydrogen-bond donors (Lipinski definition) is 2. The Morgan fingerprint density at radius 1 is 0.971 bits per heavy atom. The lowest BCUT2D eigenvalue weighted by Gasteiger charge is -2.39. The number of alkyl halides is 6. The summed E-state index contributed by atoms with van der Waals surface area (Å²) in [4.78, 5) is 13.2. The number of carbonyl (C=O) groups is 1. The average Bonchev–Trinajstić information content (AvgIpc) is 2.78. The van der Waals surface area contributed by atoms with E-state index < -0.39 is 46.8 Å². The molecule has 2 N–H and O–H groups in total. The second-order valence-electron chi connectivity index (χ2n) is 8.50. The van der Waals surface area contributed by atoms with Crippen LogP contribution in [-0.4, -0.2) is 22.8 Å². The highest BCUT2D eigenvalue weighted by Crippen LogP contribution is 2.44. The normalized spacial score (nSPS) is 20.8. The Bertz CT molecular complexity index is 1050. The van der Waals surface area contributed by atoms with Crippen molar-refractivity contribution in [2.75, 3.05) is 5.32 Å². The predicted molar refractivity (Wildman–Crippen MR) is 111 cm³/mol. The molecule has 1 amide bonds. The fourth-order valence-corrected chi connectivity index (χ4v) is 4.41. The highest BCUT2D eigenvalue weighted by molar-refractivity contribution is 5.97. The highest BCUT2D eigenvalue weighted by Gasteiger charge is 2.49. The Hall–Kier alpha value is -3.06. The van der Waals surface area contributed by atoms with Gasteiger partial charge < -0.3 is 10.4 Å². The minimum atomic E-state index is -4.85. The Kier molecular flexibility index (Phi) is 7.26. The number of hydrogen-bond acceptors (Lipinski definition) is 3. The lowest BCUT2D eigenvalue weighted by molar-refractivity contribution is -0.189. The maximum Gasteiger partial charge on any atom is 0.417 e. The number of benzene rings is 2. The van der Waals surface area contributed by atoms with Gasteiger partial charge in [-0.15, -0.1) is 0 Å². The quantitative estimate of drug-likeness (QED) is 0.523. The number of halogens is 6. The molecule has 1 atom stereocenters. The second kappa shape index (κ2) is 9.66. The van der Waals surface area contributed by atoms with Crippen LogP contribution < -0.4 is 5.32 Å². The van der Waals surface area contributed by atoms with Crippen LogP contribution in [0, 0.1) is 23.2 Å². The Morgan fingerprint density at radius 2 is 1.56 bits per heavy atom. The van der Waals surface area contributed by atoms with Crippen molar-refractivity contribution < 1.29 is 36.2 Å². The molecule has 2 aromatic carbocycles. The summed E-state index contributed by atoms with van der Waals surface area (Å²) in [7, 11) is 0. The van der Waals surface area contributed by atoms with Crippen molar-refractivity contribution in [1.82, 2.24) is 0 Å². The molecule has 34 heavy (non-hydrogen) atoms. The van der Waals surface area contributed by atoms with Gasteiger partial charge in [0.25, 0.3) is 5.91 Å². The first kappa shape index (κ1) is 25.6. The molecule has 1 unspecified atom stereocenters. The molecule has 182 valence electrons. The third-order valence-corrected chi connectivity index (χ3v) is 6.28. The van der Waals surface area contributed by atoms with Crippen LogP contribution in [-0.2, 0) is 17.4 Å². The van der Waals surface area contributed by atoms with Gasteiger partial charge in [0.05, 0.1) is 23.1 Å². The zero-order chi connectivity index (χ0) is 25.1. The smallest absolute Gasteiger partial charge is 0.379 e. The van der Waals surface area contributed by atoms with Crippen molar-refractivity contribution in [2.45, 2.75) is 50.1 Å². The van der Waals surface area contributed by atoms with Crippen molar-refractivity contribution in [3.63, 3.8) is 0 Å². The summed E-state index contributed by atoms with van der Waals surface area (Å²) in [6.45, 7) is 0. The van der Waals surface area contributed by atoms with Gasteiger partial charge >= 0.3 is 12.4 Å². The first-order chi connectivity index (χ1) is 15.8.